The van der Waals surface area contributed by atoms with E-state index in [1.165, 1.54) is 0 Å². The Labute approximate surface area is 75.7 Å². The lowest BCUT2D eigenvalue weighted by atomic mass is 10.0. The van der Waals surface area contributed by atoms with Crippen molar-refractivity contribution in [2.24, 2.45) is 20.7 Å². The lowest BCUT2D eigenvalue weighted by molar-refractivity contribution is 0.591. The minimum Gasteiger partial charge on any atom is -0.125 e. The van der Waals surface area contributed by atoms with Crippen LogP contribution in [0.5, 0.6) is 0 Å². The molecule has 4 nitrogen and oxygen atoms in total. The fraction of sp³-hybridized carbons (Fsp3) is 0.111. The van der Waals surface area contributed by atoms with Gasteiger partial charge in [0.1, 0.15) is 0 Å². The van der Waals surface area contributed by atoms with Crippen LogP contribution in [0, 0.1) is 6.07 Å². The van der Waals surface area contributed by atoms with E-state index in [4.69, 9.17) is 0 Å². The number of benzene rings is 1. The van der Waals surface area contributed by atoms with Gasteiger partial charge in [-0.3, -0.25) is 0 Å². The number of rotatable bonds is 2. The minimum absolute atomic E-state index is 0.810. The Kier molecular flexibility index (Phi) is 1.73. The molecule has 0 aliphatic carbocycles. The molecule has 0 N–H and O–H groups in total. The third kappa shape index (κ3) is 1.16. The molecule has 0 amide bonds. The molecule has 0 bridgehead atoms. The maximum absolute atomic E-state index is 3.92. The highest BCUT2D eigenvalue weighted by molar-refractivity contribution is 5.28. The molecule has 0 spiro atoms. The van der Waals surface area contributed by atoms with Crippen molar-refractivity contribution < 1.29 is 0 Å². The largest absolute Gasteiger partial charge is 0.238 e. The standard InChI is InChI=1S/C9H7N4/c1-2-9(10-12-13-11-9)8-6-4-3-5-7-8/h2,4-7H,1H2. The summed E-state index contributed by atoms with van der Waals surface area (Å²) in [5, 5.41) is 14.8. The normalized spacial score (nSPS) is 17.5. The van der Waals surface area contributed by atoms with Crippen LogP contribution in [0.2, 0.25) is 0 Å². The van der Waals surface area contributed by atoms with Gasteiger partial charge < -0.3 is 0 Å². The lowest BCUT2D eigenvalue weighted by Crippen LogP contribution is -2.14. The van der Waals surface area contributed by atoms with Crippen LogP contribution < -0.4 is 0 Å². The Morgan fingerprint density at radius 1 is 1.23 bits per heavy atom. The van der Waals surface area contributed by atoms with Gasteiger partial charge in [0, 0.05) is 5.56 Å². The zero-order chi connectivity index (χ0) is 9.15. The second-order valence-corrected chi connectivity index (χ2v) is 2.60. The van der Waals surface area contributed by atoms with E-state index >= 15 is 0 Å². The molecule has 0 fully saturated rings. The average molecular weight is 171 g/mol. The maximum Gasteiger partial charge on any atom is 0.238 e. The van der Waals surface area contributed by atoms with Crippen LogP contribution >= 0.6 is 0 Å². The Morgan fingerprint density at radius 3 is 2.38 bits per heavy atom. The molecule has 1 heterocycles. The molecular formula is C9H7N4. The van der Waals surface area contributed by atoms with Crippen molar-refractivity contribution in [1.29, 1.82) is 0 Å². The minimum atomic E-state index is -0.810. The van der Waals surface area contributed by atoms with Crippen molar-refractivity contribution >= 4 is 0 Å². The summed E-state index contributed by atoms with van der Waals surface area (Å²) in [5.74, 6) is 0. The first kappa shape index (κ1) is 7.79. The van der Waals surface area contributed by atoms with E-state index in [1.54, 1.807) is 18.2 Å². The molecule has 0 unspecified atom stereocenters. The van der Waals surface area contributed by atoms with E-state index in [0.717, 1.165) is 5.56 Å². The second-order valence-electron chi connectivity index (χ2n) is 2.60. The first-order valence-electron chi connectivity index (χ1n) is 3.82. The molecule has 63 valence electrons. The smallest absolute Gasteiger partial charge is 0.125 e. The van der Waals surface area contributed by atoms with Gasteiger partial charge in [-0.2, -0.15) is 0 Å². The number of hydrogen-bond acceptors (Lipinski definition) is 4. The van der Waals surface area contributed by atoms with Crippen molar-refractivity contribution in [2.45, 2.75) is 5.66 Å². The maximum atomic E-state index is 3.92. The first-order valence-corrected chi connectivity index (χ1v) is 3.82. The SMILES string of the molecule is C=CC1(c2cc[c]cc2)N=NN=N1. The quantitative estimate of drug-likeness (QED) is 0.614. The summed E-state index contributed by atoms with van der Waals surface area (Å²) in [5.41, 5.74) is 0.0843. The van der Waals surface area contributed by atoms with E-state index in [1.807, 2.05) is 12.1 Å². The summed E-state index contributed by atoms with van der Waals surface area (Å²) < 4.78 is 0. The van der Waals surface area contributed by atoms with Gasteiger partial charge in [-0.15, -0.1) is 10.2 Å². The molecule has 4 heteroatoms. The predicted molar refractivity (Wildman–Crippen MR) is 46.9 cm³/mol. The van der Waals surface area contributed by atoms with Crippen molar-refractivity contribution in [1.82, 2.24) is 0 Å². The zero-order valence-corrected chi connectivity index (χ0v) is 6.88. The summed E-state index contributed by atoms with van der Waals surface area (Å²) >= 11 is 0. The second kappa shape index (κ2) is 2.90. The Balaban J connectivity index is 2.50. The van der Waals surface area contributed by atoms with Crippen LogP contribution in [-0.2, 0) is 5.66 Å². The van der Waals surface area contributed by atoms with Crippen LogP contribution in [0.4, 0.5) is 0 Å². The average Bonchev–Trinajstić information content (AvgIpc) is 2.69. The molecular weight excluding hydrogens is 164 g/mol. The molecule has 0 saturated heterocycles. The van der Waals surface area contributed by atoms with E-state index in [9.17, 15) is 0 Å². The fourth-order valence-electron chi connectivity index (χ4n) is 1.14. The molecule has 1 aromatic rings. The van der Waals surface area contributed by atoms with E-state index in [-0.39, 0.29) is 0 Å². The van der Waals surface area contributed by atoms with Gasteiger partial charge in [-0.05, 0) is 22.6 Å². The van der Waals surface area contributed by atoms with Gasteiger partial charge in [-0.25, -0.2) is 0 Å². The van der Waals surface area contributed by atoms with E-state index in [0.29, 0.717) is 0 Å². The molecule has 1 aliphatic rings. The fourth-order valence-corrected chi connectivity index (χ4v) is 1.14. The van der Waals surface area contributed by atoms with Crippen LogP contribution in [0.15, 0.2) is 57.6 Å². The molecule has 1 radical (unpaired) electrons. The third-order valence-corrected chi connectivity index (χ3v) is 1.86. The molecule has 2 rings (SSSR count). The molecule has 1 aromatic carbocycles. The van der Waals surface area contributed by atoms with Crippen LogP contribution in [0.3, 0.4) is 0 Å². The van der Waals surface area contributed by atoms with E-state index in [2.05, 4.69) is 33.3 Å². The summed E-state index contributed by atoms with van der Waals surface area (Å²) in [4.78, 5) is 0. The highest BCUT2D eigenvalue weighted by Gasteiger charge is 2.31. The van der Waals surface area contributed by atoms with Gasteiger partial charge in [0.2, 0.25) is 5.66 Å². The first-order chi connectivity index (χ1) is 6.37. The van der Waals surface area contributed by atoms with Crippen LogP contribution in [0.1, 0.15) is 5.56 Å². The van der Waals surface area contributed by atoms with Gasteiger partial charge in [0.25, 0.3) is 0 Å². The van der Waals surface area contributed by atoms with Gasteiger partial charge in [0.05, 0.1) is 0 Å². The Bertz CT molecular complexity index is 354. The molecule has 0 aromatic heterocycles. The van der Waals surface area contributed by atoms with Gasteiger partial charge in [-0.1, -0.05) is 30.8 Å². The monoisotopic (exact) mass is 171 g/mol. The van der Waals surface area contributed by atoms with Gasteiger partial charge in [0.15, 0.2) is 0 Å². The van der Waals surface area contributed by atoms with Gasteiger partial charge >= 0.3 is 0 Å². The van der Waals surface area contributed by atoms with Crippen LogP contribution in [-0.4, -0.2) is 0 Å². The molecule has 13 heavy (non-hydrogen) atoms. The lowest BCUT2D eigenvalue weighted by Gasteiger charge is -2.14. The zero-order valence-electron chi connectivity index (χ0n) is 6.88. The van der Waals surface area contributed by atoms with Crippen LogP contribution in [0.25, 0.3) is 0 Å². The highest BCUT2D eigenvalue weighted by Crippen LogP contribution is 2.32. The van der Waals surface area contributed by atoms with E-state index < -0.39 is 5.66 Å². The van der Waals surface area contributed by atoms with Crippen molar-refractivity contribution in [2.75, 3.05) is 0 Å². The van der Waals surface area contributed by atoms with Crippen molar-refractivity contribution in [3.05, 3.63) is 48.6 Å². The van der Waals surface area contributed by atoms with Crippen molar-refractivity contribution in [3.63, 3.8) is 0 Å². The molecule has 1 aliphatic heterocycles. The number of nitrogens with zero attached hydrogens (tertiary/aromatic N) is 4. The predicted octanol–water partition coefficient (Wildman–Crippen LogP) is 2.66. The summed E-state index contributed by atoms with van der Waals surface area (Å²) in [6, 6.07) is 10.2. The highest BCUT2D eigenvalue weighted by atomic mass is 15.6. The molecule has 0 atom stereocenters. The summed E-state index contributed by atoms with van der Waals surface area (Å²) in [7, 11) is 0. The Hall–Kier alpha value is -1.84. The summed E-state index contributed by atoms with van der Waals surface area (Å²) in [6.07, 6.45) is 1.61. The number of hydrogen-bond donors (Lipinski definition) is 0. The topological polar surface area (TPSA) is 49.4 Å². The van der Waals surface area contributed by atoms with Crippen molar-refractivity contribution in [3.8, 4) is 0 Å². The summed E-state index contributed by atoms with van der Waals surface area (Å²) in [6.45, 7) is 3.67. The third-order valence-electron chi connectivity index (χ3n) is 1.86. The molecule has 0 saturated carbocycles. The Morgan fingerprint density at radius 2 is 1.85 bits per heavy atom.